The number of carbonyl (C=O) groups is 1. The molecular weight excluding hydrogens is 218 g/mol. The number of ether oxygens (including phenoxy) is 1. The van der Waals surface area contributed by atoms with E-state index in [2.05, 4.69) is 12.2 Å². The molecule has 0 heterocycles. The third-order valence-corrected chi connectivity index (χ3v) is 3.97. The van der Waals surface area contributed by atoms with Gasteiger partial charge in [-0.2, -0.15) is 0 Å². The van der Waals surface area contributed by atoms with Crippen LogP contribution in [-0.2, 0) is 9.53 Å². The maximum absolute atomic E-state index is 12.1. The number of carbonyl (C=O) groups excluding carboxylic acids is 1. The van der Waals surface area contributed by atoms with Crippen LogP contribution in [0.5, 0.6) is 0 Å². The molecule has 4 nitrogen and oxygen atoms in total. The molecule has 1 aliphatic rings. The maximum Gasteiger partial charge on any atom is 0.252 e. The number of aliphatic hydroxyl groups excluding tert-OH is 1. The Kier molecular flexibility index (Phi) is 4.55. The summed E-state index contributed by atoms with van der Waals surface area (Å²) < 4.78 is 5.16. The van der Waals surface area contributed by atoms with E-state index in [1.165, 1.54) is 7.11 Å². The first-order chi connectivity index (χ1) is 7.85. The molecule has 1 fully saturated rings. The molecule has 0 radical (unpaired) electrons. The highest BCUT2D eigenvalue weighted by Gasteiger charge is 2.38. The molecule has 1 saturated carbocycles. The lowest BCUT2D eigenvalue weighted by atomic mass is 9.77. The number of rotatable bonds is 4. The monoisotopic (exact) mass is 243 g/mol. The summed E-state index contributed by atoms with van der Waals surface area (Å²) in [7, 11) is 1.52. The van der Waals surface area contributed by atoms with Crippen molar-refractivity contribution in [1.82, 2.24) is 5.32 Å². The van der Waals surface area contributed by atoms with Gasteiger partial charge in [0.2, 0.25) is 0 Å². The minimum absolute atomic E-state index is 0.00521. The third kappa shape index (κ3) is 3.42. The van der Waals surface area contributed by atoms with Crippen LogP contribution in [0, 0.1) is 5.92 Å². The molecule has 0 aromatic carbocycles. The summed E-state index contributed by atoms with van der Waals surface area (Å²) in [6.45, 7) is 5.69. The van der Waals surface area contributed by atoms with E-state index in [4.69, 9.17) is 4.74 Å². The van der Waals surface area contributed by atoms with Crippen molar-refractivity contribution in [2.75, 3.05) is 13.7 Å². The van der Waals surface area contributed by atoms with Gasteiger partial charge in [0, 0.05) is 7.11 Å². The van der Waals surface area contributed by atoms with Crippen LogP contribution in [0.4, 0.5) is 0 Å². The van der Waals surface area contributed by atoms with Crippen molar-refractivity contribution in [1.29, 1.82) is 0 Å². The van der Waals surface area contributed by atoms with Crippen LogP contribution in [0.2, 0.25) is 0 Å². The zero-order valence-electron chi connectivity index (χ0n) is 11.4. The van der Waals surface area contributed by atoms with Gasteiger partial charge in [0.1, 0.15) is 5.60 Å². The summed E-state index contributed by atoms with van der Waals surface area (Å²) in [5, 5.41) is 12.5. The number of hydrogen-bond donors (Lipinski definition) is 2. The fourth-order valence-corrected chi connectivity index (χ4v) is 2.12. The van der Waals surface area contributed by atoms with E-state index in [-0.39, 0.29) is 12.5 Å². The molecule has 0 aromatic heterocycles. The largest absolute Gasteiger partial charge is 0.394 e. The minimum atomic E-state index is -0.842. The fourth-order valence-electron chi connectivity index (χ4n) is 2.12. The maximum atomic E-state index is 12.1. The molecule has 0 aromatic rings. The molecule has 17 heavy (non-hydrogen) atoms. The second-order valence-corrected chi connectivity index (χ2v) is 5.79. The Labute approximate surface area is 104 Å². The van der Waals surface area contributed by atoms with Crippen LogP contribution in [-0.4, -0.2) is 35.9 Å². The second kappa shape index (κ2) is 5.36. The summed E-state index contributed by atoms with van der Waals surface area (Å²) in [5.41, 5.74) is -1.29. The summed E-state index contributed by atoms with van der Waals surface area (Å²) in [6, 6.07) is 0. The average Bonchev–Trinajstić information content (AvgIpc) is 2.32. The standard InChI is InChI=1S/C13H25NO3/c1-10-5-7-13(9-15,8-6-10)14-11(16)12(2,3)17-4/h10,15H,5-9H2,1-4H3,(H,14,16). The van der Waals surface area contributed by atoms with Gasteiger partial charge in [0.15, 0.2) is 0 Å². The Morgan fingerprint density at radius 2 is 2.00 bits per heavy atom. The minimum Gasteiger partial charge on any atom is -0.394 e. The lowest BCUT2D eigenvalue weighted by Gasteiger charge is -2.40. The highest BCUT2D eigenvalue weighted by atomic mass is 16.5. The van der Waals surface area contributed by atoms with Crippen LogP contribution in [0.15, 0.2) is 0 Å². The van der Waals surface area contributed by atoms with Gasteiger partial charge in [-0.05, 0) is 45.4 Å². The molecule has 0 unspecified atom stereocenters. The number of nitrogens with one attached hydrogen (secondary N) is 1. The van der Waals surface area contributed by atoms with Gasteiger partial charge in [0.25, 0.3) is 5.91 Å². The fraction of sp³-hybridized carbons (Fsp3) is 0.923. The average molecular weight is 243 g/mol. The van der Waals surface area contributed by atoms with E-state index < -0.39 is 11.1 Å². The molecule has 0 aliphatic heterocycles. The molecule has 2 N–H and O–H groups in total. The summed E-state index contributed by atoms with van der Waals surface area (Å²) in [6.07, 6.45) is 3.79. The Morgan fingerprint density at radius 3 is 2.41 bits per heavy atom. The second-order valence-electron chi connectivity index (χ2n) is 5.79. The smallest absolute Gasteiger partial charge is 0.252 e. The quantitative estimate of drug-likeness (QED) is 0.786. The SMILES string of the molecule is COC(C)(C)C(=O)NC1(CO)CCC(C)CC1. The summed E-state index contributed by atoms with van der Waals surface area (Å²) in [4.78, 5) is 12.1. The van der Waals surface area contributed by atoms with Gasteiger partial charge in [-0.25, -0.2) is 0 Å². The van der Waals surface area contributed by atoms with E-state index in [0.29, 0.717) is 5.92 Å². The molecule has 1 rings (SSSR count). The van der Waals surface area contributed by atoms with E-state index in [1.807, 2.05) is 0 Å². The zero-order valence-corrected chi connectivity index (χ0v) is 11.4. The van der Waals surface area contributed by atoms with Gasteiger partial charge in [-0.1, -0.05) is 6.92 Å². The topological polar surface area (TPSA) is 58.6 Å². The number of aliphatic hydroxyl groups is 1. The zero-order chi connectivity index (χ0) is 13.1. The molecule has 4 heteroatoms. The predicted molar refractivity (Wildman–Crippen MR) is 66.7 cm³/mol. The van der Waals surface area contributed by atoms with E-state index in [0.717, 1.165) is 25.7 Å². The Morgan fingerprint density at radius 1 is 1.47 bits per heavy atom. The van der Waals surface area contributed by atoms with Crippen molar-refractivity contribution in [3.05, 3.63) is 0 Å². The number of amides is 1. The molecule has 0 spiro atoms. The van der Waals surface area contributed by atoms with Gasteiger partial charge in [0.05, 0.1) is 12.1 Å². The van der Waals surface area contributed by atoms with E-state index >= 15 is 0 Å². The highest BCUT2D eigenvalue weighted by molar-refractivity contribution is 5.85. The molecule has 0 bridgehead atoms. The predicted octanol–water partition coefficient (Wildman–Crippen LogP) is 1.47. The van der Waals surface area contributed by atoms with Crippen LogP contribution < -0.4 is 5.32 Å². The lowest BCUT2D eigenvalue weighted by molar-refractivity contribution is -0.143. The van der Waals surface area contributed by atoms with Crippen molar-refractivity contribution in [3.8, 4) is 0 Å². The van der Waals surface area contributed by atoms with Gasteiger partial charge >= 0.3 is 0 Å². The van der Waals surface area contributed by atoms with Gasteiger partial charge < -0.3 is 15.2 Å². The van der Waals surface area contributed by atoms with Crippen LogP contribution in [0.3, 0.4) is 0 Å². The molecule has 0 atom stereocenters. The molecule has 0 saturated heterocycles. The van der Waals surface area contributed by atoms with Crippen molar-refractivity contribution < 1.29 is 14.6 Å². The molecule has 1 amide bonds. The lowest BCUT2D eigenvalue weighted by Crippen LogP contribution is -2.58. The van der Waals surface area contributed by atoms with Gasteiger partial charge in [-0.15, -0.1) is 0 Å². The Bertz CT molecular complexity index is 268. The first-order valence-electron chi connectivity index (χ1n) is 6.34. The van der Waals surface area contributed by atoms with Crippen molar-refractivity contribution >= 4 is 5.91 Å². The van der Waals surface area contributed by atoms with E-state index in [1.54, 1.807) is 13.8 Å². The van der Waals surface area contributed by atoms with Crippen LogP contribution in [0.25, 0.3) is 0 Å². The molecule has 100 valence electrons. The Balaban J connectivity index is 2.67. The first kappa shape index (κ1) is 14.5. The number of hydrogen-bond acceptors (Lipinski definition) is 3. The van der Waals surface area contributed by atoms with Crippen LogP contribution in [0.1, 0.15) is 46.5 Å². The van der Waals surface area contributed by atoms with Crippen molar-refractivity contribution in [2.24, 2.45) is 5.92 Å². The summed E-state index contributed by atoms with van der Waals surface area (Å²) in [5.74, 6) is 0.533. The van der Waals surface area contributed by atoms with Crippen LogP contribution >= 0.6 is 0 Å². The number of methoxy groups -OCH3 is 1. The third-order valence-electron chi connectivity index (χ3n) is 3.97. The van der Waals surface area contributed by atoms with Gasteiger partial charge in [-0.3, -0.25) is 4.79 Å². The molecule has 1 aliphatic carbocycles. The first-order valence-corrected chi connectivity index (χ1v) is 6.34. The summed E-state index contributed by atoms with van der Waals surface area (Å²) >= 11 is 0. The normalized spacial score (nSPS) is 30.1. The molecular formula is C13H25NO3. The highest BCUT2D eigenvalue weighted by Crippen LogP contribution is 2.32. The Hall–Kier alpha value is -0.610. The van der Waals surface area contributed by atoms with E-state index in [9.17, 15) is 9.90 Å². The van der Waals surface area contributed by atoms with Crippen molar-refractivity contribution in [2.45, 2.75) is 57.6 Å². The van der Waals surface area contributed by atoms with Crippen molar-refractivity contribution in [3.63, 3.8) is 0 Å².